The van der Waals surface area contributed by atoms with Gasteiger partial charge in [-0.2, -0.15) is 0 Å². The fourth-order valence-corrected chi connectivity index (χ4v) is 4.10. The van der Waals surface area contributed by atoms with Crippen LogP contribution >= 0.6 is 0 Å². The monoisotopic (exact) mass is 307 g/mol. The molecular formula is C15H21N3O2S. The normalized spacial score (nSPS) is 20.9. The van der Waals surface area contributed by atoms with Crippen LogP contribution in [0.25, 0.3) is 10.9 Å². The van der Waals surface area contributed by atoms with Crippen LogP contribution in [0.5, 0.6) is 0 Å². The summed E-state index contributed by atoms with van der Waals surface area (Å²) in [5.74, 6) is 0.352. The topological polar surface area (TPSA) is 68.3 Å². The fraction of sp³-hybridized carbons (Fsp3) is 0.467. The molecule has 1 aliphatic heterocycles. The van der Waals surface area contributed by atoms with Crippen LogP contribution in [0.15, 0.2) is 30.5 Å². The predicted octanol–water partition coefficient (Wildman–Crippen LogP) is 1.90. The van der Waals surface area contributed by atoms with Crippen LogP contribution in [0.1, 0.15) is 12.8 Å². The zero-order valence-electron chi connectivity index (χ0n) is 12.2. The van der Waals surface area contributed by atoms with Crippen molar-refractivity contribution in [3.63, 3.8) is 0 Å². The molecule has 1 fully saturated rings. The zero-order chi connectivity index (χ0) is 15.0. The van der Waals surface area contributed by atoms with E-state index in [0.717, 1.165) is 36.0 Å². The number of benzene rings is 1. The van der Waals surface area contributed by atoms with Gasteiger partial charge in [0.25, 0.3) is 0 Å². The van der Waals surface area contributed by atoms with E-state index in [2.05, 4.69) is 10.6 Å². The Bertz CT molecular complexity index is 751. The first-order valence-corrected chi connectivity index (χ1v) is 9.08. The molecule has 0 aliphatic carbocycles. The summed E-state index contributed by atoms with van der Waals surface area (Å²) in [4.78, 5) is 0. The molecule has 1 aromatic heterocycles. The van der Waals surface area contributed by atoms with Crippen molar-refractivity contribution in [3.8, 4) is 0 Å². The highest BCUT2D eigenvalue weighted by Crippen LogP contribution is 2.25. The maximum atomic E-state index is 11.7. The van der Waals surface area contributed by atoms with Gasteiger partial charge in [-0.1, -0.05) is 6.07 Å². The minimum Gasteiger partial charge on any atom is -0.398 e. The summed E-state index contributed by atoms with van der Waals surface area (Å²) >= 11 is 0. The number of piperidine rings is 1. The van der Waals surface area contributed by atoms with E-state index >= 15 is 0 Å². The molecule has 114 valence electrons. The molecule has 0 saturated carbocycles. The highest BCUT2D eigenvalue weighted by Gasteiger charge is 2.26. The van der Waals surface area contributed by atoms with Crippen LogP contribution in [0.2, 0.25) is 0 Å². The lowest BCUT2D eigenvalue weighted by atomic mass is 9.99. The number of fused-ring (bicyclic) bond motifs is 1. The van der Waals surface area contributed by atoms with E-state index in [9.17, 15) is 8.42 Å². The van der Waals surface area contributed by atoms with E-state index in [0.29, 0.717) is 19.0 Å². The Balaban J connectivity index is 1.81. The minimum absolute atomic E-state index is 0.352. The highest BCUT2D eigenvalue weighted by molar-refractivity contribution is 7.88. The number of hydrogen-bond donors (Lipinski definition) is 1. The molecule has 21 heavy (non-hydrogen) atoms. The molecule has 0 radical (unpaired) electrons. The number of nitrogens with two attached hydrogens (primary N) is 1. The molecule has 0 bridgehead atoms. The third kappa shape index (κ3) is 2.91. The van der Waals surface area contributed by atoms with Crippen molar-refractivity contribution in [2.45, 2.75) is 19.4 Å². The van der Waals surface area contributed by atoms with Crippen molar-refractivity contribution in [1.82, 2.24) is 8.87 Å². The molecule has 1 aromatic carbocycles. The average Bonchev–Trinajstić information content (AvgIpc) is 2.83. The van der Waals surface area contributed by atoms with Crippen LogP contribution in [0.3, 0.4) is 0 Å². The second-order valence-corrected chi connectivity index (χ2v) is 7.86. The molecule has 2 heterocycles. The van der Waals surface area contributed by atoms with Gasteiger partial charge in [0.2, 0.25) is 10.0 Å². The summed E-state index contributed by atoms with van der Waals surface area (Å²) in [5, 5.41) is 1.06. The van der Waals surface area contributed by atoms with Gasteiger partial charge in [-0.05, 0) is 37.0 Å². The first-order chi connectivity index (χ1) is 9.95. The number of anilines is 1. The number of aromatic nitrogens is 1. The molecule has 2 aromatic rings. The van der Waals surface area contributed by atoms with Crippen molar-refractivity contribution < 1.29 is 8.42 Å². The Morgan fingerprint density at radius 2 is 2.14 bits per heavy atom. The van der Waals surface area contributed by atoms with Crippen molar-refractivity contribution in [1.29, 1.82) is 0 Å². The Hall–Kier alpha value is -1.53. The lowest BCUT2D eigenvalue weighted by Crippen LogP contribution is -2.40. The van der Waals surface area contributed by atoms with Gasteiger partial charge in [0, 0.05) is 36.9 Å². The SMILES string of the molecule is CS(=O)(=O)N1CCCC(Cn2ccc3c(N)cccc32)C1. The van der Waals surface area contributed by atoms with E-state index in [1.807, 2.05) is 24.4 Å². The highest BCUT2D eigenvalue weighted by atomic mass is 32.2. The maximum Gasteiger partial charge on any atom is 0.211 e. The first-order valence-electron chi connectivity index (χ1n) is 7.23. The van der Waals surface area contributed by atoms with Gasteiger partial charge in [-0.15, -0.1) is 0 Å². The minimum atomic E-state index is -3.08. The molecule has 0 spiro atoms. The molecular weight excluding hydrogens is 286 g/mol. The van der Waals surface area contributed by atoms with Crippen LogP contribution in [0.4, 0.5) is 5.69 Å². The Labute approximate surface area is 125 Å². The third-order valence-corrected chi connectivity index (χ3v) is 5.52. The van der Waals surface area contributed by atoms with E-state index in [-0.39, 0.29) is 0 Å². The van der Waals surface area contributed by atoms with E-state index in [1.165, 1.54) is 6.26 Å². The van der Waals surface area contributed by atoms with Crippen molar-refractivity contribution >= 4 is 26.6 Å². The second-order valence-electron chi connectivity index (χ2n) is 5.88. The Morgan fingerprint density at radius 3 is 2.90 bits per heavy atom. The quantitative estimate of drug-likeness (QED) is 0.881. The molecule has 1 saturated heterocycles. The molecule has 1 unspecified atom stereocenters. The molecule has 0 amide bonds. The molecule has 2 N–H and O–H groups in total. The van der Waals surface area contributed by atoms with Gasteiger partial charge in [-0.25, -0.2) is 12.7 Å². The number of rotatable bonds is 3. The maximum absolute atomic E-state index is 11.7. The number of sulfonamides is 1. The Morgan fingerprint density at radius 1 is 1.33 bits per heavy atom. The lowest BCUT2D eigenvalue weighted by Gasteiger charge is -2.31. The second kappa shape index (κ2) is 5.35. The van der Waals surface area contributed by atoms with Gasteiger partial charge in [0.15, 0.2) is 0 Å². The zero-order valence-corrected chi connectivity index (χ0v) is 13.0. The summed E-state index contributed by atoms with van der Waals surface area (Å²) in [6.07, 6.45) is 5.33. The average molecular weight is 307 g/mol. The van der Waals surface area contributed by atoms with E-state index in [4.69, 9.17) is 5.73 Å². The summed E-state index contributed by atoms with van der Waals surface area (Å²) in [5.41, 5.74) is 7.88. The smallest absolute Gasteiger partial charge is 0.211 e. The lowest BCUT2D eigenvalue weighted by molar-refractivity contribution is 0.248. The molecule has 1 aliphatic rings. The summed E-state index contributed by atoms with van der Waals surface area (Å²) in [6.45, 7) is 2.09. The fourth-order valence-electron chi connectivity index (χ4n) is 3.16. The molecule has 6 heteroatoms. The van der Waals surface area contributed by atoms with Gasteiger partial charge < -0.3 is 10.3 Å². The van der Waals surface area contributed by atoms with Crippen molar-refractivity contribution in [2.75, 3.05) is 25.1 Å². The van der Waals surface area contributed by atoms with E-state index < -0.39 is 10.0 Å². The van der Waals surface area contributed by atoms with Gasteiger partial charge in [0.05, 0.1) is 11.8 Å². The van der Waals surface area contributed by atoms with E-state index in [1.54, 1.807) is 4.31 Å². The van der Waals surface area contributed by atoms with Crippen LogP contribution in [0, 0.1) is 5.92 Å². The Kier molecular flexibility index (Phi) is 3.67. The summed E-state index contributed by atoms with van der Waals surface area (Å²) in [6, 6.07) is 7.95. The standard InChI is InChI=1S/C15H21N3O2S/c1-21(19,20)18-8-3-4-12(11-18)10-17-9-7-13-14(16)5-2-6-15(13)17/h2,5-7,9,12H,3-4,8,10-11,16H2,1H3. The number of nitrogen functional groups attached to an aromatic ring is 1. The molecule has 5 nitrogen and oxygen atoms in total. The third-order valence-electron chi connectivity index (χ3n) is 4.25. The van der Waals surface area contributed by atoms with Crippen molar-refractivity contribution in [2.24, 2.45) is 5.92 Å². The van der Waals surface area contributed by atoms with Crippen LogP contribution < -0.4 is 5.73 Å². The molecule has 1 atom stereocenters. The number of hydrogen-bond acceptors (Lipinski definition) is 3. The van der Waals surface area contributed by atoms with Gasteiger partial charge in [0.1, 0.15) is 0 Å². The van der Waals surface area contributed by atoms with Crippen molar-refractivity contribution in [3.05, 3.63) is 30.5 Å². The van der Waals surface area contributed by atoms with Crippen LogP contribution in [-0.4, -0.2) is 36.6 Å². The number of nitrogens with zero attached hydrogens (tertiary/aromatic N) is 2. The van der Waals surface area contributed by atoms with Gasteiger partial charge in [-0.3, -0.25) is 0 Å². The summed E-state index contributed by atoms with van der Waals surface area (Å²) in [7, 11) is -3.08. The predicted molar refractivity (Wildman–Crippen MR) is 85.5 cm³/mol. The summed E-state index contributed by atoms with van der Waals surface area (Å²) < 4.78 is 27.2. The molecule has 3 rings (SSSR count). The first kappa shape index (κ1) is 14.4. The van der Waals surface area contributed by atoms with Gasteiger partial charge >= 0.3 is 0 Å². The largest absolute Gasteiger partial charge is 0.398 e. The van der Waals surface area contributed by atoms with Crippen LogP contribution in [-0.2, 0) is 16.6 Å².